The van der Waals surface area contributed by atoms with Crippen LogP contribution in [0.2, 0.25) is 0 Å². The molecule has 1 rings (SSSR count). The van der Waals surface area contributed by atoms with Crippen LogP contribution in [0.1, 0.15) is 0 Å². The summed E-state index contributed by atoms with van der Waals surface area (Å²) < 4.78 is 0. The van der Waals surface area contributed by atoms with E-state index in [1.165, 1.54) is 5.57 Å². The Balaban J connectivity index is 2.33. The maximum atomic E-state index is 9.82. The second-order valence-electron chi connectivity index (χ2n) is 2.13. The van der Waals surface area contributed by atoms with Crippen molar-refractivity contribution in [2.24, 2.45) is 0 Å². The SMILES string of the molecule is CN1CC(=CC=O)C1. The highest BCUT2D eigenvalue weighted by molar-refractivity contribution is 5.66. The highest BCUT2D eigenvalue weighted by Gasteiger charge is 2.13. The highest BCUT2D eigenvalue weighted by Crippen LogP contribution is 2.08. The number of likely N-dealkylation sites (tertiary alicyclic amines) is 1. The molecule has 1 aliphatic heterocycles. The second-order valence-corrected chi connectivity index (χ2v) is 2.13. The smallest absolute Gasteiger partial charge is 0.142 e. The molecule has 0 saturated carbocycles. The molecule has 0 aliphatic carbocycles. The summed E-state index contributed by atoms with van der Waals surface area (Å²) in [7, 11) is 2.03. The summed E-state index contributed by atoms with van der Waals surface area (Å²) in [6.07, 6.45) is 2.49. The van der Waals surface area contributed by atoms with Crippen LogP contribution in [0.5, 0.6) is 0 Å². The molecule has 1 fully saturated rings. The van der Waals surface area contributed by atoms with Gasteiger partial charge in [-0.2, -0.15) is 0 Å². The van der Waals surface area contributed by atoms with Crippen molar-refractivity contribution in [1.29, 1.82) is 0 Å². The van der Waals surface area contributed by atoms with Crippen LogP contribution in [0.3, 0.4) is 0 Å². The molecule has 44 valence electrons. The van der Waals surface area contributed by atoms with Gasteiger partial charge in [-0.05, 0) is 18.7 Å². The summed E-state index contributed by atoms with van der Waals surface area (Å²) in [4.78, 5) is 12.0. The fraction of sp³-hybridized carbons (Fsp3) is 0.500. The summed E-state index contributed by atoms with van der Waals surface area (Å²) in [5, 5.41) is 0. The summed E-state index contributed by atoms with van der Waals surface area (Å²) in [6, 6.07) is 0. The van der Waals surface area contributed by atoms with Gasteiger partial charge < -0.3 is 0 Å². The lowest BCUT2D eigenvalue weighted by Crippen LogP contribution is -2.36. The number of nitrogens with zero attached hydrogens (tertiary/aromatic N) is 1. The lowest BCUT2D eigenvalue weighted by Gasteiger charge is -2.28. The maximum absolute atomic E-state index is 9.82. The van der Waals surface area contributed by atoms with E-state index in [1.54, 1.807) is 6.08 Å². The molecule has 0 aromatic carbocycles. The predicted octanol–water partition coefficient (Wildman–Crippen LogP) is 0.0571. The molecule has 0 bridgehead atoms. The zero-order chi connectivity index (χ0) is 5.98. The minimum atomic E-state index is 0.850. The monoisotopic (exact) mass is 111 g/mol. The molecule has 0 atom stereocenters. The Hall–Kier alpha value is -0.630. The van der Waals surface area contributed by atoms with Crippen LogP contribution in [0, 0.1) is 0 Å². The van der Waals surface area contributed by atoms with E-state index in [9.17, 15) is 4.79 Å². The summed E-state index contributed by atoms with van der Waals surface area (Å²) in [5.74, 6) is 0. The quantitative estimate of drug-likeness (QED) is 0.352. The van der Waals surface area contributed by atoms with Gasteiger partial charge in [0, 0.05) is 13.1 Å². The molecule has 0 aromatic heterocycles. The number of hydrogen-bond donors (Lipinski definition) is 0. The Morgan fingerprint density at radius 2 is 2.25 bits per heavy atom. The third kappa shape index (κ3) is 0.954. The molecular formula is C6H9NO. The van der Waals surface area contributed by atoms with Crippen LogP contribution < -0.4 is 0 Å². The molecule has 1 aliphatic rings. The van der Waals surface area contributed by atoms with Crippen molar-refractivity contribution < 1.29 is 4.79 Å². The Morgan fingerprint density at radius 1 is 1.62 bits per heavy atom. The van der Waals surface area contributed by atoms with E-state index in [-0.39, 0.29) is 0 Å². The molecule has 8 heavy (non-hydrogen) atoms. The number of hydrogen-bond acceptors (Lipinski definition) is 2. The number of allylic oxidation sites excluding steroid dienone is 1. The molecule has 2 heteroatoms. The van der Waals surface area contributed by atoms with Gasteiger partial charge in [0.25, 0.3) is 0 Å². The fourth-order valence-corrected chi connectivity index (χ4v) is 0.849. The van der Waals surface area contributed by atoms with Gasteiger partial charge in [-0.25, -0.2) is 0 Å². The number of likely N-dealkylation sites (N-methyl/N-ethyl adjacent to an activating group) is 1. The summed E-state index contributed by atoms with van der Waals surface area (Å²) in [6.45, 7) is 1.94. The van der Waals surface area contributed by atoms with Crippen LogP contribution in [0.15, 0.2) is 11.6 Å². The molecule has 0 aromatic rings. The average molecular weight is 111 g/mol. The van der Waals surface area contributed by atoms with Gasteiger partial charge >= 0.3 is 0 Å². The lowest BCUT2D eigenvalue weighted by molar-refractivity contribution is -0.104. The molecule has 0 radical (unpaired) electrons. The first-order valence-corrected chi connectivity index (χ1v) is 2.64. The maximum Gasteiger partial charge on any atom is 0.142 e. The molecule has 0 amide bonds. The van der Waals surface area contributed by atoms with Crippen molar-refractivity contribution in [3.8, 4) is 0 Å². The normalized spacial score (nSPS) is 19.9. The van der Waals surface area contributed by atoms with Gasteiger partial charge in [0.2, 0.25) is 0 Å². The zero-order valence-electron chi connectivity index (χ0n) is 4.92. The first kappa shape index (κ1) is 5.51. The Kier molecular flexibility index (Phi) is 1.44. The Labute approximate surface area is 48.8 Å². The van der Waals surface area contributed by atoms with E-state index in [2.05, 4.69) is 4.90 Å². The molecule has 2 nitrogen and oxygen atoms in total. The van der Waals surface area contributed by atoms with Crippen molar-refractivity contribution in [1.82, 2.24) is 4.90 Å². The minimum absolute atomic E-state index is 0.850. The van der Waals surface area contributed by atoms with E-state index in [0.717, 1.165) is 19.4 Å². The third-order valence-electron chi connectivity index (χ3n) is 1.25. The van der Waals surface area contributed by atoms with E-state index in [1.807, 2.05) is 7.05 Å². The van der Waals surface area contributed by atoms with Crippen molar-refractivity contribution >= 4 is 6.29 Å². The van der Waals surface area contributed by atoms with Crippen molar-refractivity contribution in [2.75, 3.05) is 20.1 Å². The van der Waals surface area contributed by atoms with Crippen LogP contribution in [0.4, 0.5) is 0 Å². The highest BCUT2D eigenvalue weighted by atomic mass is 16.1. The number of carbonyl (C=O) groups excluding carboxylic acids is 1. The Morgan fingerprint density at radius 3 is 2.62 bits per heavy atom. The van der Waals surface area contributed by atoms with Crippen molar-refractivity contribution in [2.45, 2.75) is 0 Å². The van der Waals surface area contributed by atoms with E-state index in [0.29, 0.717) is 0 Å². The van der Waals surface area contributed by atoms with Gasteiger partial charge in [-0.1, -0.05) is 0 Å². The van der Waals surface area contributed by atoms with Gasteiger partial charge in [0.1, 0.15) is 6.29 Å². The average Bonchev–Trinajstić information content (AvgIpc) is 1.64. The lowest BCUT2D eigenvalue weighted by atomic mass is 10.1. The predicted molar refractivity (Wildman–Crippen MR) is 31.6 cm³/mol. The second kappa shape index (κ2) is 2.09. The topological polar surface area (TPSA) is 20.3 Å². The zero-order valence-corrected chi connectivity index (χ0v) is 4.92. The number of carbonyl (C=O) groups is 1. The van der Waals surface area contributed by atoms with Crippen LogP contribution >= 0.6 is 0 Å². The summed E-state index contributed by atoms with van der Waals surface area (Å²) >= 11 is 0. The first-order valence-electron chi connectivity index (χ1n) is 2.64. The number of aldehydes is 1. The standard InChI is InChI=1S/C6H9NO/c1-7-4-6(5-7)2-3-8/h2-3H,4-5H2,1H3. The van der Waals surface area contributed by atoms with Crippen LogP contribution in [-0.4, -0.2) is 31.3 Å². The molecule has 0 N–H and O–H groups in total. The van der Waals surface area contributed by atoms with Crippen LogP contribution in [-0.2, 0) is 4.79 Å². The first-order chi connectivity index (χ1) is 3.83. The van der Waals surface area contributed by atoms with Crippen molar-refractivity contribution in [3.63, 3.8) is 0 Å². The largest absolute Gasteiger partial charge is 0.299 e. The van der Waals surface area contributed by atoms with Crippen LogP contribution in [0.25, 0.3) is 0 Å². The van der Waals surface area contributed by atoms with E-state index in [4.69, 9.17) is 0 Å². The fourth-order valence-electron chi connectivity index (χ4n) is 0.849. The van der Waals surface area contributed by atoms with Crippen molar-refractivity contribution in [3.05, 3.63) is 11.6 Å². The molecular weight excluding hydrogens is 102 g/mol. The van der Waals surface area contributed by atoms with E-state index < -0.39 is 0 Å². The third-order valence-corrected chi connectivity index (χ3v) is 1.25. The molecule has 0 unspecified atom stereocenters. The van der Waals surface area contributed by atoms with Gasteiger partial charge in [-0.3, -0.25) is 9.69 Å². The molecule has 1 saturated heterocycles. The van der Waals surface area contributed by atoms with Gasteiger partial charge in [0.15, 0.2) is 0 Å². The molecule has 1 heterocycles. The van der Waals surface area contributed by atoms with Gasteiger partial charge in [-0.15, -0.1) is 0 Å². The molecule has 0 spiro atoms. The Bertz CT molecular complexity index is 120. The van der Waals surface area contributed by atoms with Gasteiger partial charge in [0.05, 0.1) is 0 Å². The number of rotatable bonds is 1. The minimum Gasteiger partial charge on any atom is -0.299 e. The van der Waals surface area contributed by atoms with E-state index >= 15 is 0 Å². The summed E-state index contributed by atoms with van der Waals surface area (Å²) in [5.41, 5.74) is 1.24.